The van der Waals surface area contributed by atoms with Gasteiger partial charge in [-0.05, 0) is 128 Å². The predicted octanol–water partition coefficient (Wildman–Crippen LogP) is -1.15. The lowest BCUT2D eigenvalue weighted by atomic mass is 9.93. The highest BCUT2D eigenvalue weighted by atomic mass is 32.2. The van der Waals surface area contributed by atoms with Crippen molar-refractivity contribution in [2.45, 2.75) is 198 Å². The topological polar surface area (TPSA) is 557 Å². The van der Waals surface area contributed by atoms with E-state index in [1.54, 1.807) is 65.8 Å². The van der Waals surface area contributed by atoms with Gasteiger partial charge in [0.05, 0.1) is 25.7 Å². The largest absolute Gasteiger partial charge is 0.508 e. The maximum Gasteiger partial charge on any atom is 0.245 e. The SMILES string of the molecule is CC[C@H](C)[C@@H]1NC(=O)[C@H](C)NC(=O)[C@@H](Cc2ccc(O)cc2)NC(=O)CSC[C@@H](C(N)=O)NC(=O)[C@H](CC(N)=O)NC(=O)[C@H](CC(C)C)N(C)C(=O)[C@H](Cc2ccc(O)cc2)NC(=O)[C@H](CCCCN)NC(=O)[C@H](CC(N)=O)NC(=O)[C@H](Cc2ccc(O)cc2)NC(=O)[C@H](Cc2ccc(OC)cc2)N(C)C(=O)[C@H]([C@@H](C)CC)NC1=O. The molecule has 1 fully saturated rings. The van der Waals surface area contributed by atoms with Gasteiger partial charge in [-0.2, -0.15) is 0 Å². The number of nitrogens with one attached hydrogen (secondary N) is 10. The Morgan fingerprint density at radius 2 is 0.870 bits per heavy atom. The van der Waals surface area contributed by atoms with Gasteiger partial charge in [0.1, 0.15) is 95.5 Å². The number of carbonyl (C=O) groups excluding carboxylic acids is 15. The number of phenols is 3. The molecule has 5 rings (SSSR count). The number of hydrogen-bond acceptors (Lipinski definition) is 21. The minimum absolute atomic E-state index is 0.114. The summed E-state index contributed by atoms with van der Waals surface area (Å²) in [4.78, 5) is 219. The number of thioether (sulfide) groups is 1. The van der Waals surface area contributed by atoms with Crippen molar-refractivity contribution in [1.82, 2.24) is 63.0 Å². The summed E-state index contributed by atoms with van der Waals surface area (Å²) < 4.78 is 5.39. The Balaban J connectivity index is 1.69. The Hall–Kier alpha value is -11.6. The zero-order valence-corrected chi connectivity index (χ0v) is 67.3. The molecule has 115 heavy (non-hydrogen) atoms. The van der Waals surface area contributed by atoms with Gasteiger partial charge in [0.15, 0.2) is 0 Å². The molecule has 0 aromatic heterocycles. The Kier molecular flexibility index (Phi) is 37.6. The molecule has 14 atom stereocenters. The van der Waals surface area contributed by atoms with Crippen molar-refractivity contribution in [3.63, 3.8) is 0 Å². The highest BCUT2D eigenvalue weighted by molar-refractivity contribution is 8.00. The number of carbonyl (C=O) groups is 15. The Morgan fingerprint density at radius 1 is 0.470 bits per heavy atom. The standard InChI is InChI=1S/C79H112N16O19S/c1-11-43(5)66-77(111)93-67(44(6)12-2)79(113)95(9)62(37-49-22-30-53(114-10)31-23-49)76(110)88-56(35-47-18-26-51(97)27-19-47)72(106)87-57(38-63(81)99)73(107)86-54(15-13-14-32-80)70(104)90-59(36-48-20-28-52(98)29-21-48)78(112)94(8)61(33-42(3)4)75(109)89-58(39-64(82)100)74(108)91-60(68(83)102)40-115-41-65(101)85-55(34-46-16-24-50(96)25-17-46)71(105)84-45(7)69(103)92-66/h16-31,42-45,54-62,66-67,96-98H,11-15,32-41,80H2,1-10H3,(H2,81,99)(H2,82,100)(H2,83,102)(H,84,105)(H,85,101)(H,86,107)(H,87,106)(H,88,110)(H,89,109)(H,90,104)(H,91,108)(H,92,103)(H,93,111)/t43-,44-,45-,54-,55+,56-,57-,58-,59-,60-,61-,62-,66-,67-/m0/s1. The molecule has 0 bridgehead atoms. The van der Waals surface area contributed by atoms with E-state index in [-0.39, 0.29) is 88.0 Å². The van der Waals surface area contributed by atoms with Gasteiger partial charge < -0.3 is 106 Å². The maximum absolute atomic E-state index is 15.4. The van der Waals surface area contributed by atoms with Crippen LogP contribution in [-0.2, 0) is 97.6 Å². The number of aromatic hydroxyl groups is 3. The van der Waals surface area contributed by atoms with Crippen LogP contribution in [0.15, 0.2) is 97.1 Å². The van der Waals surface area contributed by atoms with Gasteiger partial charge in [-0.3, -0.25) is 71.9 Å². The molecule has 36 heteroatoms. The zero-order valence-electron chi connectivity index (χ0n) is 66.5. The number of methoxy groups -OCH3 is 1. The van der Waals surface area contributed by atoms with Gasteiger partial charge in [-0.25, -0.2) is 0 Å². The summed E-state index contributed by atoms with van der Waals surface area (Å²) >= 11 is 0.764. The fourth-order valence-corrected chi connectivity index (χ4v) is 13.3. The van der Waals surface area contributed by atoms with Crippen LogP contribution < -0.4 is 80.8 Å². The lowest BCUT2D eigenvalue weighted by Crippen LogP contribution is -2.62. The number of primary amides is 3. The van der Waals surface area contributed by atoms with Crippen LogP contribution in [0.5, 0.6) is 23.0 Å². The number of nitrogens with two attached hydrogens (primary N) is 4. The summed E-state index contributed by atoms with van der Waals surface area (Å²) in [5.74, 6) is -17.6. The van der Waals surface area contributed by atoms with Gasteiger partial charge in [0, 0.05) is 45.5 Å². The monoisotopic (exact) mass is 1620 g/mol. The summed E-state index contributed by atoms with van der Waals surface area (Å²) in [7, 11) is 3.98. The average Bonchev–Trinajstić information content (AvgIpc) is 0.818. The Morgan fingerprint density at radius 3 is 1.36 bits per heavy atom. The molecule has 0 saturated carbocycles. The van der Waals surface area contributed by atoms with E-state index in [0.29, 0.717) is 28.0 Å². The molecule has 628 valence electrons. The summed E-state index contributed by atoms with van der Waals surface area (Å²) in [5.41, 5.74) is 24.7. The summed E-state index contributed by atoms with van der Waals surface area (Å²) in [5, 5.41) is 56.8. The normalized spacial score (nSPS) is 23.8. The van der Waals surface area contributed by atoms with E-state index in [9.17, 15) is 63.3 Å². The van der Waals surface area contributed by atoms with E-state index < -0.39 is 203 Å². The molecule has 1 saturated heterocycles. The highest BCUT2D eigenvalue weighted by Crippen LogP contribution is 2.23. The van der Waals surface area contributed by atoms with Gasteiger partial charge in [-0.15, -0.1) is 11.8 Å². The first-order chi connectivity index (χ1) is 54.4. The summed E-state index contributed by atoms with van der Waals surface area (Å²) in [6, 6.07) is 4.15. The molecule has 4 aromatic carbocycles. The molecule has 0 unspecified atom stereocenters. The minimum Gasteiger partial charge on any atom is -0.508 e. The first-order valence-electron chi connectivity index (χ1n) is 38.0. The highest BCUT2D eigenvalue weighted by Gasteiger charge is 2.42. The maximum atomic E-state index is 15.4. The van der Waals surface area contributed by atoms with Crippen LogP contribution in [0.2, 0.25) is 0 Å². The van der Waals surface area contributed by atoms with Gasteiger partial charge in [0.2, 0.25) is 88.6 Å². The molecule has 1 heterocycles. The van der Waals surface area contributed by atoms with Gasteiger partial charge in [0.25, 0.3) is 0 Å². The molecule has 0 spiro atoms. The second-order valence-corrected chi connectivity index (χ2v) is 30.3. The summed E-state index contributed by atoms with van der Waals surface area (Å²) in [6.07, 6.45) is -2.27. The lowest BCUT2D eigenvalue weighted by molar-refractivity contribution is -0.144. The van der Waals surface area contributed by atoms with Crippen LogP contribution in [0, 0.1) is 17.8 Å². The van der Waals surface area contributed by atoms with E-state index in [4.69, 9.17) is 27.7 Å². The second-order valence-electron chi connectivity index (χ2n) is 29.2. The van der Waals surface area contributed by atoms with E-state index in [1.807, 2.05) is 0 Å². The fourth-order valence-electron chi connectivity index (χ4n) is 12.5. The first-order valence-corrected chi connectivity index (χ1v) is 39.2. The van der Waals surface area contributed by atoms with Crippen LogP contribution in [0.25, 0.3) is 0 Å². The van der Waals surface area contributed by atoms with Gasteiger partial charge in [-0.1, -0.05) is 103 Å². The van der Waals surface area contributed by atoms with Crippen molar-refractivity contribution >= 4 is 100 Å². The van der Waals surface area contributed by atoms with E-state index in [1.165, 1.54) is 101 Å². The number of likely N-dealkylation sites (N-methyl/N-ethyl adjacent to an activating group) is 2. The molecular weight excluding hydrogens is 1510 g/mol. The van der Waals surface area contributed by atoms with Crippen LogP contribution in [-0.4, -0.2) is 225 Å². The number of amides is 15. The van der Waals surface area contributed by atoms with E-state index in [0.717, 1.165) is 21.6 Å². The third-order valence-corrected chi connectivity index (χ3v) is 20.7. The third kappa shape index (κ3) is 30.1. The van der Waals surface area contributed by atoms with Crippen molar-refractivity contribution in [3.05, 3.63) is 119 Å². The van der Waals surface area contributed by atoms with Crippen LogP contribution >= 0.6 is 11.8 Å². The average molecular weight is 1620 g/mol. The first kappa shape index (κ1) is 94.0. The molecule has 4 aromatic rings. The number of hydrogen-bond donors (Lipinski definition) is 17. The minimum atomic E-state index is -1.91. The summed E-state index contributed by atoms with van der Waals surface area (Å²) in [6.45, 7) is 11.7. The zero-order chi connectivity index (χ0) is 85.5. The van der Waals surface area contributed by atoms with Crippen LogP contribution in [0.1, 0.15) is 122 Å². The number of unbranched alkanes of at least 4 members (excludes halogenated alkanes) is 1. The molecular formula is C79H112N16O19S. The molecule has 21 N–H and O–H groups in total. The molecule has 0 aliphatic carbocycles. The van der Waals surface area contributed by atoms with Crippen LogP contribution in [0.4, 0.5) is 0 Å². The molecule has 1 aliphatic rings. The number of phenolic OH excluding ortho intramolecular Hbond substituents is 3. The van der Waals surface area contributed by atoms with E-state index >= 15 is 24.0 Å². The van der Waals surface area contributed by atoms with Gasteiger partial charge >= 0.3 is 0 Å². The van der Waals surface area contributed by atoms with Crippen LogP contribution in [0.3, 0.4) is 0 Å². The predicted molar refractivity (Wildman–Crippen MR) is 426 cm³/mol. The molecule has 1 aliphatic heterocycles. The second kappa shape index (κ2) is 46.0. The van der Waals surface area contributed by atoms with E-state index in [2.05, 4.69) is 53.2 Å². The number of ether oxygens (including phenoxy) is 1. The molecule has 35 nitrogen and oxygen atoms in total. The molecule has 15 amide bonds. The van der Waals surface area contributed by atoms with Crippen molar-refractivity contribution in [2.75, 3.05) is 39.3 Å². The Bertz CT molecular complexity index is 4030. The van der Waals surface area contributed by atoms with Crippen molar-refractivity contribution < 1.29 is 92.0 Å². The smallest absolute Gasteiger partial charge is 0.245 e. The third-order valence-electron chi connectivity index (χ3n) is 19.7. The lowest BCUT2D eigenvalue weighted by Gasteiger charge is -2.35. The van der Waals surface area contributed by atoms with Crippen molar-refractivity contribution in [3.8, 4) is 23.0 Å². The van der Waals surface area contributed by atoms with Crippen molar-refractivity contribution in [1.29, 1.82) is 0 Å². The quantitative estimate of drug-likeness (QED) is 0.0369. The fraction of sp³-hybridized carbons (Fsp3) is 0.506. The Labute approximate surface area is 672 Å². The molecule has 0 radical (unpaired) electrons. The number of rotatable bonds is 24. The van der Waals surface area contributed by atoms with Crippen molar-refractivity contribution in [2.24, 2.45) is 40.7 Å². The number of nitrogens with zero attached hydrogens (tertiary/aromatic N) is 2. The number of benzene rings is 4.